The van der Waals surface area contributed by atoms with Crippen molar-refractivity contribution in [3.05, 3.63) is 23.3 Å². The number of fused-ring (bicyclic) bond motifs is 5. The predicted molar refractivity (Wildman–Crippen MR) is 122 cm³/mol. The lowest BCUT2D eigenvalue weighted by atomic mass is 9.49. The van der Waals surface area contributed by atoms with E-state index >= 15 is 0 Å². The van der Waals surface area contributed by atoms with Gasteiger partial charge in [0.2, 0.25) is 0 Å². The van der Waals surface area contributed by atoms with E-state index in [0.717, 1.165) is 35.5 Å². The van der Waals surface area contributed by atoms with Gasteiger partial charge in [0, 0.05) is 0 Å². The van der Waals surface area contributed by atoms with Gasteiger partial charge in [0.25, 0.3) is 0 Å². The van der Waals surface area contributed by atoms with Gasteiger partial charge in [-0.25, -0.2) is 0 Å². The van der Waals surface area contributed by atoms with E-state index in [9.17, 15) is 0 Å². The molecule has 3 saturated carbocycles. The molecule has 0 spiro atoms. The fourth-order valence-electron chi connectivity index (χ4n) is 8.21. The molecule has 0 saturated heterocycles. The van der Waals surface area contributed by atoms with E-state index in [4.69, 9.17) is 0 Å². The molecule has 158 valence electrons. The minimum atomic E-state index is 0.485. The molecule has 3 fully saturated rings. The Morgan fingerprint density at radius 2 is 1.71 bits per heavy atom. The quantitative estimate of drug-likeness (QED) is 0.446. The Morgan fingerprint density at radius 3 is 2.46 bits per heavy atom. The van der Waals surface area contributed by atoms with Crippen molar-refractivity contribution in [2.24, 2.45) is 46.3 Å². The van der Waals surface area contributed by atoms with Crippen molar-refractivity contribution >= 4 is 0 Å². The molecule has 0 aromatic rings. The van der Waals surface area contributed by atoms with Gasteiger partial charge >= 0.3 is 0 Å². The van der Waals surface area contributed by atoms with Crippen molar-refractivity contribution in [3.63, 3.8) is 0 Å². The lowest BCUT2D eigenvalue weighted by Gasteiger charge is -2.55. The highest BCUT2D eigenvalue weighted by atomic mass is 14.6. The predicted octanol–water partition coefficient (Wildman–Crippen LogP) is 8.58. The molecule has 28 heavy (non-hydrogen) atoms. The summed E-state index contributed by atoms with van der Waals surface area (Å²) in [5.74, 6) is 5.35. The highest BCUT2D eigenvalue weighted by molar-refractivity contribution is 5.38. The minimum absolute atomic E-state index is 0.485. The standard InChI is InChI=1S/C28H46/c1-19(2)8-7-9-21(4)24-12-13-25-23-11-10-22-18-20(3)14-16-27(22,5)26(23)15-17-28(24,25)6/h10-11,19-21,24-26H,7-9,12-18H2,1-6H3/t20?,21-,24?,25-,26-,27-,28+/m0/s1. The first-order valence-electron chi connectivity index (χ1n) is 12.7. The Labute approximate surface area is 175 Å². The molecule has 0 bridgehead atoms. The second-order valence-corrected chi connectivity index (χ2v) is 12.3. The molecule has 4 rings (SSSR count). The first-order chi connectivity index (χ1) is 13.3. The van der Waals surface area contributed by atoms with Gasteiger partial charge in [-0.1, -0.05) is 84.1 Å². The Bertz CT molecular complexity index is 636. The summed E-state index contributed by atoms with van der Waals surface area (Å²) < 4.78 is 0. The molecule has 4 aliphatic rings. The number of hydrogen-bond donors (Lipinski definition) is 0. The molecule has 2 unspecified atom stereocenters. The Kier molecular flexibility index (Phi) is 5.65. The first kappa shape index (κ1) is 20.7. The van der Waals surface area contributed by atoms with E-state index in [1.807, 2.05) is 5.57 Å². The summed E-state index contributed by atoms with van der Waals surface area (Å²) in [4.78, 5) is 0. The molecule has 0 amide bonds. The normalized spacial score (nSPS) is 43.7. The van der Waals surface area contributed by atoms with Gasteiger partial charge in [-0.3, -0.25) is 0 Å². The van der Waals surface area contributed by atoms with Gasteiger partial charge in [0.1, 0.15) is 0 Å². The maximum atomic E-state index is 2.69. The average molecular weight is 383 g/mol. The van der Waals surface area contributed by atoms with E-state index < -0.39 is 0 Å². The largest absolute Gasteiger partial charge is 0.0634 e. The number of hydrogen-bond acceptors (Lipinski definition) is 0. The summed E-state index contributed by atoms with van der Waals surface area (Å²) in [5, 5.41) is 0. The van der Waals surface area contributed by atoms with Crippen molar-refractivity contribution in [2.75, 3.05) is 0 Å². The van der Waals surface area contributed by atoms with Gasteiger partial charge in [-0.15, -0.1) is 0 Å². The van der Waals surface area contributed by atoms with Crippen molar-refractivity contribution < 1.29 is 0 Å². The molecule has 4 aliphatic carbocycles. The Morgan fingerprint density at radius 1 is 0.929 bits per heavy atom. The zero-order valence-corrected chi connectivity index (χ0v) is 19.7. The first-order valence-corrected chi connectivity index (χ1v) is 12.7. The molecular weight excluding hydrogens is 336 g/mol. The highest BCUT2D eigenvalue weighted by Crippen LogP contribution is 2.66. The summed E-state index contributed by atoms with van der Waals surface area (Å²) in [6, 6.07) is 0. The number of rotatable bonds is 5. The topological polar surface area (TPSA) is 0 Å². The monoisotopic (exact) mass is 382 g/mol. The minimum Gasteiger partial charge on any atom is -0.0634 e. The van der Waals surface area contributed by atoms with Crippen LogP contribution < -0.4 is 0 Å². The zero-order valence-electron chi connectivity index (χ0n) is 19.7. The molecule has 7 atom stereocenters. The van der Waals surface area contributed by atoms with Crippen LogP contribution in [0.5, 0.6) is 0 Å². The van der Waals surface area contributed by atoms with Gasteiger partial charge < -0.3 is 0 Å². The van der Waals surface area contributed by atoms with Gasteiger partial charge in [0.15, 0.2) is 0 Å². The molecule has 0 heteroatoms. The third-order valence-electron chi connectivity index (χ3n) is 10.0. The summed E-state index contributed by atoms with van der Waals surface area (Å²) in [5.41, 5.74) is 4.73. The van der Waals surface area contributed by atoms with E-state index in [1.165, 1.54) is 64.2 Å². The lowest BCUT2D eigenvalue weighted by molar-refractivity contribution is 0.0447. The van der Waals surface area contributed by atoms with E-state index in [1.54, 1.807) is 5.57 Å². The van der Waals surface area contributed by atoms with Gasteiger partial charge in [-0.05, 0) is 91.3 Å². The fraction of sp³-hybridized carbons (Fsp3) is 0.857. The smallest absolute Gasteiger partial charge is 0.00474 e. The zero-order chi connectivity index (χ0) is 20.1. The van der Waals surface area contributed by atoms with E-state index in [0.29, 0.717) is 10.8 Å². The van der Waals surface area contributed by atoms with Crippen molar-refractivity contribution in [1.82, 2.24) is 0 Å². The van der Waals surface area contributed by atoms with Crippen LogP contribution in [-0.4, -0.2) is 0 Å². The maximum Gasteiger partial charge on any atom is -0.00474 e. The van der Waals surface area contributed by atoms with E-state index in [-0.39, 0.29) is 0 Å². The molecule has 0 aromatic carbocycles. The Hall–Kier alpha value is -0.520. The molecule has 0 nitrogen and oxygen atoms in total. The summed E-state index contributed by atoms with van der Waals surface area (Å²) >= 11 is 0. The summed E-state index contributed by atoms with van der Waals surface area (Å²) in [6.07, 6.45) is 19.6. The second-order valence-electron chi connectivity index (χ2n) is 12.3. The molecule has 0 heterocycles. The Balaban J connectivity index is 1.53. The lowest BCUT2D eigenvalue weighted by Crippen LogP contribution is -2.46. The van der Waals surface area contributed by atoms with Crippen LogP contribution in [0.15, 0.2) is 23.3 Å². The second kappa shape index (κ2) is 7.63. The fourth-order valence-corrected chi connectivity index (χ4v) is 8.21. The van der Waals surface area contributed by atoms with Crippen LogP contribution in [0.1, 0.15) is 106 Å². The van der Waals surface area contributed by atoms with Crippen LogP contribution in [0.3, 0.4) is 0 Å². The van der Waals surface area contributed by atoms with E-state index in [2.05, 4.69) is 53.7 Å². The highest BCUT2D eigenvalue weighted by Gasteiger charge is 2.56. The van der Waals surface area contributed by atoms with Crippen molar-refractivity contribution in [3.8, 4) is 0 Å². The van der Waals surface area contributed by atoms with Crippen LogP contribution in [0.4, 0.5) is 0 Å². The van der Waals surface area contributed by atoms with Crippen molar-refractivity contribution in [2.45, 2.75) is 106 Å². The van der Waals surface area contributed by atoms with Gasteiger partial charge in [0.05, 0.1) is 0 Å². The van der Waals surface area contributed by atoms with Crippen molar-refractivity contribution in [1.29, 1.82) is 0 Å². The van der Waals surface area contributed by atoms with Gasteiger partial charge in [-0.2, -0.15) is 0 Å². The maximum absolute atomic E-state index is 2.69. The summed E-state index contributed by atoms with van der Waals surface area (Å²) in [7, 11) is 0. The molecule has 0 N–H and O–H groups in total. The third-order valence-corrected chi connectivity index (χ3v) is 10.0. The average Bonchev–Trinajstić information content (AvgIpc) is 2.99. The van der Waals surface area contributed by atoms with Crippen LogP contribution >= 0.6 is 0 Å². The van der Waals surface area contributed by atoms with Crippen LogP contribution in [-0.2, 0) is 0 Å². The third kappa shape index (κ3) is 3.35. The van der Waals surface area contributed by atoms with Crippen LogP contribution in [0, 0.1) is 46.3 Å². The SMILES string of the molecule is CC(C)CCC[C@H](C)C1CC[C@H]2C3=CC=C4CC(C)CC[C@]4(C)[C@H]3CC[C@]12C. The van der Waals surface area contributed by atoms with Crippen LogP contribution in [0.25, 0.3) is 0 Å². The number of allylic oxidation sites excluding steroid dienone is 4. The molecular formula is C28H46. The molecule has 0 aliphatic heterocycles. The summed E-state index contributed by atoms with van der Waals surface area (Å²) in [6.45, 7) is 15.1. The molecule has 0 aromatic heterocycles. The van der Waals surface area contributed by atoms with Crippen LogP contribution in [0.2, 0.25) is 0 Å². The molecule has 0 radical (unpaired) electrons.